The molecule has 0 spiro atoms. The van der Waals surface area contributed by atoms with Gasteiger partial charge in [0.05, 0.1) is 11.6 Å². The fourth-order valence-electron chi connectivity index (χ4n) is 2.68. The first-order valence-electron chi connectivity index (χ1n) is 6.54. The van der Waals surface area contributed by atoms with Crippen molar-refractivity contribution in [3.63, 3.8) is 0 Å². The van der Waals surface area contributed by atoms with Crippen LogP contribution in [0.15, 0.2) is 17.3 Å². The molecule has 2 rings (SSSR count). The first-order chi connectivity index (χ1) is 9.32. The smallest absolute Gasteiger partial charge is 0.311 e. The number of rotatable bonds is 5. The molecule has 1 aromatic rings. The number of hydrogen-bond donors (Lipinski definition) is 1. The van der Waals surface area contributed by atoms with Gasteiger partial charge in [-0.25, -0.2) is 8.42 Å². The summed E-state index contributed by atoms with van der Waals surface area (Å²) >= 11 is 0. The molecule has 0 aromatic carbocycles. The molecule has 2 heterocycles. The van der Waals surface area contributed by atoms with E-state index in [1.807, 2.05) is 6.92 Å². The molecule has 20 heavy (non-hydrogen) atoms. The molecule has 1 aliphatic rings. The molecular weight excluding hydrogens is 282 g/mol. The zero-order valence-electron chi connectivity index (χ0n) is 11.6. The van der Waals surface area contributed by atoms with Gasteiger partial charge in [0.2, 0.25) is 10.0 Å². The van der Waals surface area contributed by atoms with Crippen molar-refractivity contribution in [3.8, 4) is 0 Å². The topological polar surface area (TPSA) is 92.5 Å². The Morgan fingerprint density at radius 1 is 1.55 bits per heavy atom. The number of aryl methyl sites for hydroxylation is 1. The van der Waals surface area contributed by atoms with E-state index in [0.717, 1.165) is 0 Å². The van der Waals surface area contributed by atoms with Crippen LogP contribution in [0.5, 0.6) is 0 Å². The second-order valence-corrected chi connectivity index (χ2v) is 7.21. The van der Waals surface area contributed by atoms with Gasteiger partial charge in [-0.2, -0.15) is 9.40 Å². The molecule has 1 unspecified atom stereocenters. The van der Waals surface area contributed by atoms with Gasteiger partial charge in [-0.1, -0.05) is 13.3 Å². The lowest BCUT2D eigenvalue weighted by molar-refractivity contribution is -0.148. The summed E-state index contributed by atoms with van der Waals surface area (Å²) in [6.07, 6.45) is 4.27. The maximum Gasteiger partial charge on any atom is 0.311 e. The number of hydrogen-bond acceptors (Lipinski definition) is 4. The molecule has 0 saturated carbocycles. The number of carbonyl (C=O) groups is 1. The quantitative estimate of drug-likeness (QED) is 0.863. The maximum atomic E-state index is 12.4. The summed E-state index contributed by atoms with van der Waals surface area (Å²) in [7, 11) is -2.01. The summed E-state index contributed by atoms with van der Waals surface area (Å²) in [6, 6.07) is 0. The fraction of sp³-hybridized carbons (Fsp3) is 0.667. The Labute approximate surface area is 118 Å². The Kier molecular flexibility index (Phi) is 3.88. The highest BCUT2D eigenvalue weighted by Gasteiger charge is 2.47. The van der Waals surface area contributed by atoms with Crippen LogP contribution in [0.25, 0.3) is 0 Å². The van der Waals surface area contributed by atoms with Crippen molar-refractivity contribution < 1.29 is 18.3 Å². The minimum absolute atomic E-state index is 0.0351. The van der Waals surface area contributed by atoms with Gasteiger partial charge in [-0.3, -0.25) is 9.48 Å². The molecule has 112 valence electrons. The van der Waals surface area contributed by atoms with Gasteiger partial charge in [-0.15, -0.1) is 0 Å². The lowest BCUT2D eigenvalue weighted by atomic mass is 9.83. The van der Waals surface area contributed by atoms with Crippen molar-refractivity contribution >= 4 is 16.0 Å². The third-order valence-corrected chi connectivity index (χ3v) is 5.62. The van der Waals surface area contributed by atoms with Gasteiger partial charge < -0.3 is 5.11 Å². The molecule has 1 aromatic heterocycles. The van der Waals surface area contributed by atoms with Crippen LogP contribution in [-0.4, -0.2) is 46.7 Å². The van der Waals surface area contributed by atoms with Crippen LogP contribution >= 0.6 is 0 Å². The standard InChI is InChI=1S/C12H19N3O4S/c1-3-4-12(11(16)17)5-6-15(9-12)20(18,19)10-7-13-14(2)8-10/h7-8H,3-6,9H2,1-2H3,(H,16,17). The van der Waals surface area contributed by atoms with Crippen molar-refractivity contribution in [1.82, 2.24) is 14.1 Å². The Hall–Kier alpha value is -1.41. The van der Waals surface area contributed by atoms with E-state index in [0.29, 0.717) is 19.3 Å². The number of carboxylic acid groups (broad SMARTS) is 1. The van der Waals surface area contributed by atoms with Gasteiger partial charge in [-0.05, 0) is 12.8 Å². The SMILES string of the molecule is CCCC1(C(=O)O)CCN(S(=O)(=O)c2cnn(C)c2)C1. The number of aliphatic carboxylic acids is 1. The second-order valence-electron chi connectivity index (χ2n) is 5.27. The fourth-order valence-corrected chi connectivity index (χ4v) is 4.20. The molecule has 0 aliphatic carbocycles. The van der Waals surface area contributed by atoms with E-state index in [1.165, 1.54) is 21.4 Å². The summed E-state index contributed by atoms with van der Waals surface area (Å²) in [6.45, 7) is 2.18. The second kappa shape index (κ2) is 5.17. The zero-order chi connectivity index (χ0) is 15.0. The number of carboxylic acids is 1. The third kappa shape index (κ3) is 2.45. The molecule has 1 N–H and O–H groups in total. The van der Waals surface area contributed by atoms with Crippen molar-refractivity contribution in [2.75, 3.05) is 13.1 Å². The Bertz CT molecular complexity index is 610. The molecule has 7 nitrogen and oxygen atoms in total. The molecule has 1 aliphatic heterocycles. The van der Waals surface area contributed by atoms with E-state index in [2.05, 4.69) is 5.10 Å². The zero-order valence-corrected chi connectivity index (χ0v) is 12.4. The predicted molar refractivity (Wildman–Crippen MR) is 71.6 cm³/mol. The van der Waals surface area contributed by atoms with Gasteiger partial charge >= 0.3 is 5.97 Å². The van der Waals surface area contributed by atoms with Crippen molar-refractivity contribution in [2.24, 2.45) is 12.5 Å². The van der Waals surface area contributed by atoms with Gasteiger partial charge in [0.15, 0.2) is 0 Å². The monoisotopic (exact) mass is 301 g/mol. The van der Waals surface area contributed by atoms with E-state index in [9.17, 15) is 18.3 Å². The van der Waals surface area contributed by atoms with Gasteiger partial charge in [0.25, 0.3) is 0 Å². The molecule has 1 saturated heterocycles. The average molecular weight is 301 g/mol. The summed E-state index contributed by atoms with van der Waals surface area (Å²) < 4.78 is 27.6. The van der Waals surface area contributed by atoms with E-state index < -0.39 is 21.4 Å². The van der Waals surface area contributed by atoms with Crippen LogP contribution < -0.4 is 0 Å². The summed E-state index contributed by atoms with van der Waals surface area (Å²) in [5.74, 6) is -0.914. The van der Waals surface area contributed by atoms with Crippen molar-refractivity contribution in [1.29, 1.82) is 0 Å². The minimum atomic E-state index is -3.65. The van der Waals surface area contributed by atoms with Crippen LogP contribution in [0.1, 0.15) is 26.2 Å². The Balaban J connectivity index is 2.26. The van der Waals surface area contributed by atoms with Crippen LogP contribution in [0.3, 0.4) is 0 Å². The van der Waals surface area contributed by atoms with Gasteiger partial charge in [0.1, 0.15) is 4.90 Å². The molecule has 8 heteroatoms. The van der Waals surface area contributed by atoms with Crippen LogP contribution in [-0.2, 0) is 21.9 Å². The van der Waals surface area contributed by atoms with Gasteiger partial charge in [0, 0.05) is 26.3 Å². The average Bonchev–Trinajstić information content (AvgIpc) is 2.97. The summed E-state index contributed by atoms with van der Waals surface area (Å²) in [4.78, 5) is 11.6. The number of sulfonamides is 1. The summed E-state index contributed by atoms with van der Waals surface area (Å²) in [5, 5.41) is 13.3. The third-order valence-electron chi connectivity index (χ3n) is 3.82. The normalized spacial score (nSPS) is 24.1. The van der Waals surface area contributed by atoms with Crippen LogP contribution in [0.2, 0.25) is 0 Å². The highest BCUT2D eigenvalue weighted by molar-refractivity contribution is 7.89. The Morgan fingerprint density at radius 3 is 2.75 bits per heavy atom. The Morgan fingerprint density at radius 2 is 2.25 bits per heavy atom. The number of nitrogens with zero attached hydrogens (tertiary/aromatic N) is 3. The largest absolute Gasteiger partial charge is 0.481 e. The number of aromatic nitrogens is 2. The van der Waals surface area contributed by atoms with E-state index in [-0.39, 0.29) is 18.0 Å². The maximum absolute atomic E-state index is 12.4. The van der Waals surface area contributed by atoms with Crippen LogP contribution in [0, 0.1) is 5.41 Å². The molecule has 1 atom stereocenters. The highest BCUT2D eigenvalue weighted by Crippen LogP contribution is 2.37. The lowest BCUT2D eigenvalue weighted by Gasteiger charge is -2.23. The highest BCUT2D eigenvalue weighted by atomic mass is 32.2. The van der Waals surface area contributed by atoms with Crippen LogP contribution in [0.4, 0.5) is 0 Å². The van der Waals surface area contributed by atoms with E-state index >= 15 is 0 Å². The van der Waals surface area contributed by atoms with E-state index in [4.69, 9.17) is 0 Å². The first kappa shape index (κ1) is 15.0. The lowest BCUT2D eigenvalue weighted by Crippen LogP contribution is -2.36. The molecule has 0 radical (unpaired) electrons. The minimum Gasteiger partial charge on any atom is -0.481 e. The van der Waals surface area contributed by atoms with Crippen molar-refractivity contribution in [2.45, 2.75) is 31.1 Å². The van der Waals surface area contributed by atoms with E-state index in [1.54, 1.807) is 7.05 Å². The molecule has 0 amide bonds. The molecular formula is C12H19N3O4S. The summed E-state index contributed by atoms with van der Waals surface area (Å²) in [5.41, 5.74) is -0.954. The predicted octanol–water partition coefficient (Wildman–Crippen LogP) is 0.686. The van der Waals surface area contributed by atoms with Crippen molar-refractivity contribution in [3.05, 3.63) is 12.4 Å². The molecule has 1 fully saturated rings. The first-order valence-corrected chi connectivity index (χ1v) is 7.98. The molecule has 0 bridgehead atoms.